The van der Waals surface area contributed by atoms with Gasteiger partial charge in [-0.05, 0) is 13.8 Å². The summed E-state index contributed by atoms with van der Waals surface area (Å²) in [6, 6.07) is 8.45. The van der Waals surface area contributed by atoms with E-state index in [1.165, 1.54) is 16.0 Å². The molecule has 0 atom stereocenters. The van der Waals surface area contributed by atoms with Crippen LogP contribution in [-0.4, -0.2) is 12.1 Å². The molecule has 2 rings (SSSR count). The third-order valence-corrected chi connectivity index (χ3v) is 3.35. The summed E-state index contributed by atoms with van der Waals surface area (Å²) < 4.78 is 5.20. The van der Waals surface area contributed by atoms with Gasteiger partial charge in [-0.3, -0.25) is 0 Å². The molecule has 1 aromatic carbocycles. The van der Waals surface area contributed by atoms with E-state index in [0.29, 0.717) is 6.61 Å². The zero-order valence-corrected chi connectivity index (χ0v) is 10.6. The van der Waals surface area contributed by atoms with Crippen molar-refractivity contribution >= 4 is 11.3 Å². The lowest BCUT2D eigenvalue weighted by molar-refractivity contribution is 0.188. The molecule has 0 N–H and O–H groups in total. The van der Waals surface area contributed by atoms with Crippen LogP contribution in [0.2, 0.25) is 0 Å². The van der Waals surface area contributed by atoms with Crippen LogP contribution in [-0.2, 0) is 11.3 Å². The minimum absolute atomic E-state index is 0.634. The molecule has 0 radical (unpaired) electrons. The van der Waals surface area contributed by atoms with Gasteiger partial charge in [-0.1, -0.05) is 29.8 Å². The Morgan fingerprint density at radius 2 is 1.88 bits per heavy atom. The van der Waals surface area contributed by atoms with Crippen LogP contribution in [0.5, 0.6) is 0 Å². The Bertz CT molecular complexity index is 473. The molecule has 0 aliphatic rings. The van der Waals surface area contributed by atoms with Crippen LogP contribution in [0.1, 0.15) is 15.4 Å². The number of ether oxygens (including phenoxy) is 1. The van der Waals surface area contributed by atoms with E-state index in [9.17, 15) is 0 Å². The molecule has 0 aliphatic carbocycles. The summed E-state index contributed by atoms with van der Waals surface area (Å²) in [5, 5.41) is 1.09. The highest BCUT2D eigenvalue weighted by atomic mass is 32.1. The van der Waals surface area contributed by atoms with Crippen molar-refractivity contribution in [1.29, 1.82) is 0 Å². The summed E-state index contributed by atoms with van der Waals surface area (Å²) in [6.07, 6.45) is 0. The number of methoxy groups -OCH3 is 1. The number of thiazole rings is 1. The first-order valence-electron chi connectivity index (χ1n) is 5.23. The number of hydrogen-bond donors (Lipinski definition) is 0. The summed E-state index contributed by atoms with van der Waals surface area (Å²) in [4.78, 5) is 5.77. The molecule has 0 spiro atoms. The first kappa shape index (κ1) is 11.3. The standard InChI is InChI=1S/C13H15NOS/c1-9-4-6-11(7-5-9)13-12(8-15-3)16-10(2)14-13/h4-7H,8H2,1-3H3. The SMILES string of the molecule is COCc1sc(C)nc1-c1ccc(C)cc1. The molecule has 0 aliphatic heterocycles. The Morgan fingerprint density at radius 1 is 1.19 bits per heavy atom. The van der Waals surface area contributed by atoms with Gasteiger partial charge in [-0.15, -0.1) is 11.3 Å². The fourth-order valence-corrected chi connectivity index (χ4v) is 2.57. The van der Waals surface area contributed by atoms with Crippen LogP contribution in [0.15, 0.2) is 24.3 Å². The van der Waals surface area contributed by atoms with Crippen LogP contribution in [0.3, 0.4) is 0 Å². The molecule has 0 bridgehead atoms. The topological polar surface area (TPSA) is 22.1 Å². The molecule has 1 aromatic heterocycles. The van der Waals surface area contributed by atoms with Crippen molar-refractivity contribution in [3.05, 3.63) is 39.7 Å². The fraction of sp³-hybridized carbons (Fsp3) is 0.308. The van der Waals surface area contributed by atoms with E-state index in [1.54, 1.807) is 18.4 Å². The third-order valence-electron chi connectivity index (χ3n) is 2.40. The zero-order chi connectivity index (χ0) is 11.5. The van der Waals surface area contributed by atoms with E-state index in [2.05, 4.69) is 36.2 Å². The molecule has 0 fully saturated rings. The number of hydrogen-bond acceptors (Lipinski definition) is 3. The Balaban J connectivity index is 2.42. The molecule has 16 heavy (non-hydrogen) atoms. The molecule has 1 heterocycles. The van der Waals surface area contributed by atoms with Crippen molar-refractivity contribution in [2.75, 3.05) is 7.11 Å². The minimum Gasteiger partial charge on any atom is -0.379 e. The van der Waals surface area contributed by atoms with Gasteiger partial charge in [0.25, 0.3) is 0 Å². The van der Waals surface area contributed by atoms with Crippen molar-refractivity contribution in [3.8, 4) is 11.3 Å². The van der Waals surface area contributed by atoms with E-state index in [1.807, 2.05) is 6.92 Å². The van der Waals surface area contributed by atoms with Crippen molar-refractivity contribution in [1.82, 2.24) is 4.98 Å². The predicted molar refractivity (Wildman–Crippen MR) is 67.7 cm³/mol. The molecule has 3 heteroatoms. The molecule has 0 amide bonds. The fourth-order valence-electron chi connectivity index (χ4n) is 1.64. The average Bonchev–Trinajstić information content (AvgIpc) is 2.61. The van der Waals surface area contributed by atoms with E-state index in [0.717, 1.165) is 10.7 Å². The van der Waals surface area contributed by atoms with Gasteiger partial charge in [0.2, 0.25) is 0 Å². The highest BCUT2D eigenvalue weighted by Crippen LogP contribution is 2.28. The molecular formula is C13H15NOS. The maximum absolute atomic E-state index is 5.20. The normalized spacial score (nSPS) is 10.7. The smallest absolute Gasteiger partial charge is 0.0905 e. The number of nitrogens with zero attached hydrogens (tertiary/aromatic N) is 1. The second kappa shape index (κ2) is 4.76. The van der Waals surface area contributed by atoms with Gasteiger partial charge >= 0.3 is 0 Å². The summed E-state index contributed by atoms with van der Waals surface area (Å²) >= 11 is 1.70. The first-order chi connectivity index (χ1) is 7.70. The largest absolute Gasteiger partial charge is 0.379 e. The Kier molecular flexibility index (Phi) is 3.36. The van der Waals surface area contributed by atoms with Crippen molar-refractivity contribution in [3.63, 3.8) is 0 Å². The Hall–Kier alpha value is -1.19. The maximum Gasteiger partial charge on any atom is 0.0905 e. The van der Waals surface area contributed by atoms with Crippen LogP contribution >= 0.6 is 11.3 Å². The average molecular weight is 233 g/mol. The molecule has 0 unspecified atom stereocenters. The molecule has 2 aromatic rings. The van der Waals surface area contributed by atoms with Crippen molar-refractivity contribution < 1.29 is 4.74 Å². The highest BCUT2D eigenvalue weighted by Gasteiger charge is 2.10. The molecule has 2 nitrogen and oxygen atoms in total. The third kappa shape index (κ3) is 2.31. The van der Waals surface area contributed by atoms with Gasteiger partial charge in [0, 0.05) is 12.7 Å². The van der Waals surface area contributed by atoms with Gasteiger partial charge in [-0.2, -0.15) is 0 Å². The van der Waals surface area contributed by atoms with E-state index >= 15 is 0 Å². The molecule has 0 saturated carbocycles. The van der Waals surface area contributed by atoms with Crippen LogP contribution < -0.4 is 0 Å². The second-order valence-electron chi connectivity index (χ2n) is 3.80. The summed E-state index contributed by atoms with van der Waals surface area (Å²) in [5.74, 6) is 0. The molecule has 0 saturated heterocycles. The summed E-state index contributed by atoms with van der Waals surface area (Å²) in [5.41, 5.74) is 3.50. The second-order valence-corrected chi connectivity index (χ2v) is 5.09. The Labute approximate surface area is 99.9 Å². The van der Waals surface area contributed by atoms with E-state index in [4.69, 9.17) is 4.74 Å². The Morgan fingerprint density at radius 3 is 2.50 bits per heavy atom. The number of rotatable bonds is 3. The van der Waals surface area contributed by atoms with Gasteiger partial charge in [0.05, 0.1) is 22.2 Å². The zero-order valence-electron chi connectivity index (χ0n) is 9.78. The lowest BCUT2D eigenvalue weighted by atomic mass is 10.1. The van der Waals surface area contributed by atoms with Crippen LogP contribution in [0, 0.1) is 13.8 Å². The minimum atomic E-state index is 0.634. The lowest BCUT2D eigenvalue weighted by Crippen LogP contribution is -1.88. The molecule has 84 valence electrons. The van der Waals surface area contributed by atoms with Gasteiger partial charge in [0.15, 0.2) is 0 Å². The van der Waals surface area contributed by atoms with Crippen molar-refractivity contribution in [2.45, 2.75) is 20.5 Å². The van der Waals surface area contributed by atoms with Gasteiger partial charge < -0.3 is 4.74 Å². The maximum atomic E-state index is 5.20. The molecular weight excluding hydrogens is 218 g/mol. The van der Waals surface area contributed by atoms with E-state index < -0.39 is 0 Å². The number of benzene rings is 1. The van der Waals surface area contributed by atoms with Gasteiger partial charge in [-0.25, -0.2) is 4.98 Å². The van der Waals surface area contributed by atoms with Gasteiger partial charge in [0.1, 0.15) is 0 Å². The van der Waals surface area contributed by atoms with Crippen molar-refractivity contribution in [2.24, 2.45) is 0 Å². The lowest BCUT2D eigenvalue weighted by Gasteiger charge is -2.01. The monoisotopic (exact) mass is 233 g/mol. The number of aryl methyl sites for hydroxylation is 2. The van der Waals surface area contributed by atoms with Crippen LogP contribution in [0.25, 0.3) is 11.3 Å². The van der Waals surface area contributed by atoms with Crippen LogP contribution in [0.4, 0.5) is 0 Å². The number of aromatic nitrogens is 1. The summed E-state index contributed by atoms with van der Waals surface area (Å²) in [6.45, 7) is 4.75. The summed E-state index contributed by atoms with van der Waals surface area (Å²) in [7, 11) is 1.72. The quantitative estimate of drug-likeness (QED) is 0.808. The first-order valence-corrected chi connectivity index (χ1v) is 6.04. The predicted octanol–water partition coefficient (Wildman–Crippen LogP) is 3.57. The van der Waals surface area contributed by atoms with E-state index in [-0.39, 0.29) is 0 Å². The highest BCUT2D eigenvalue weighted by molar-refractivity contribution is 7.12.